The molecular weight excluding hydrogens is 352 g/mol. The number of hydrogen-bond donors (Lipinski definition) is 1. The van der Waals surface area contributed by atoms with Gasteiger partial charge in [0.15, 0.2) is 11.5 Å². The molecule has 1 aliphatic heterocycles. The number of nitrogens with one attached hydrogen (secondary N) is 1. The summed E-state index contributed by atoms with van der Waals surface area (Å²) in [5, 5.41) is 3.15. The van der Waals surface area contributed by atoms with Gasteiger partial charge in [-0.15, -0.1) is 0 Å². The summed E-state index contributed by atoms with van der Waals surface area (Å²) >= 11 is 0. The van der Waals surface area contributed by atoms with Gasteiger partial charge in [-0.25, -0.2) is 0 Å². The van der Waals surface area contributed by atoms with Crippen LogP contribution in [0.5, 0.6) is 11.5 Å². The Balaban J connectivity index is 1.60. The van der Waals surface area contributed by atoms with E-state index < -0.39 is 0 Å². The van der Waals surface area contributed by atoms with Crippen LogP contribution in [0.4, 0.5) is 5.69 Å². The van der Waals surface area contributed by atoms with Crippen LogP contribution in [0, 0.1) is 0 Å². The van der Waals surface area contributed by atoms with E-state index >= 15 is 0 Å². The smallest absolute Gasteiger partial charge is 0.238 e. The lowest BCUT2D eigenvalue weighted by molar-refractivity contribution is -0.117. The minimum Gasteiger partial charge on any atom is -0.486 e. The molecule has 1 N–H and O–H groups in total. The molecule has 0 aliphatic carbocycles. The summed E-state index contributed by atoms with van der Waals surface area (Å²) in [5.74, 6) is 1.56. The standard InChI is InChI=1S/C23H30N2O3/c1-4-17-10-9-11-18(5-2)23(17)24-22(26)15-25(6-3)14-19-16-27-20-12-7-8-13-21(20)28-19/h7-13,19H,4-6,14-16H2,1-3H3,(H,24,26). The van der Waals surface area contributed by atoms with Gasteiger partial charge in [-0.3, -0.25) is 9.69 Å². The van der Waals surface area contributed by atoms with Crippen molar-refractivity contribution in [3.05, 3.63) is 53.6 Å². The van der Waals surface area contributed by atoms with Crippen molar-refractivity contribution in [3.8, 4) is 11.5 Å². The van der Waals surface area contributed by atoms with Crippen LogP contribution in [-0.4, -0.2) is 43.2 Å². The highest BCUT2D eigenvalue weighted by Crippen LogP contribution is 2.31. The van der Waals surface area contributed by atoms with Crippen molar-refractivity contribution in [1.29, 1.82) is 0 Å². The molecule has 1 atom stereocenters. The van der Waals surface area contributed by atoms with Crippen molar-refractivity contribution < 1.29 is 14.3 Å². The third-order valence-electron chi connectivity index (χ3n) is 5.11. The number of hydrogen-bond acceptors (Lipinski definition) is 4. The summed E-state index contributed by atoms with van der Waals surface area (Å²) in [6.07, 6.45) is 1.71. The molecule has 0 saturated carbocycles. The van der Waals surface area contributed by atoms with Crippen LogP contribution in [0.3, 0.4) is 0 Å². The first-order valence-electron chi connectivity index (χ1n) is 10.2. The lowest BCUT2D eigenvalue weighted by Crippen LogP contribution is -2.43. The Labute approximate surface area is 167 Å². The summed E-state index contributed by atoms with van der Waals surface area (Å²) in [6.45, 7) is 8.52. The maximum absolute atomic E-state index is 12.7. The SMILES string of the molecule is CCc1cccc(CC)c1NC(=O)CN(CC)CC1COc2ccccc2O1. The van der Waals surface area contributed by atoms with Gasteiger partial charge in [0.25, 0.3) is 0 Å². The fourth-order valence-corrected chi connectivity index (χ4v) is 3.53. The van der Waals surface area contributed by atoms with Gasteiger partial charge in [0.05, 0.1) is 6.54 Å². The first-order chi connectivity index (χ1) is 13.6. The van der Waals surface area contributed by atoms with E-state index in [1.165, 1.54) is 11.1 Å². The number of para-hydroxylation sites is 3. The molecule has 0 radical (unpaired) electrons. The van der Waals surface area contributed by atoms with Gasteiger partial charge in [-0.2, -0.15) is 0 Å². The number of anilines is 1. The highest BCUT2D eigenvalue weighted by atomic mass is 16.6. The topological polar surface area (TPSA) is 50.8 Å². The predicted octanol–water partition coefficient (Wildman–Crippen LogP) is 3.91. The van der Waals surface area contributed by atoms with Gasteiger partial charge in [0.2, 0.25) is 5.91 Å². The van der Waals surface area contributed by atoms with Crippen LogP contribution in [0.15, 0.2) is 42.5 Å². The number of rotatable bonds is 8. The fraction of sp³-hybridized carbons (Fsp3) is 0.435. The molecule has 1 unspecified atom stereocenters. The number of carbonyl (C=O) groups is 1. The second-order valence-electron chi connectivity index (χ2n) is 7.03. The average Bonchev–Trinajstić information content (AvgIpc) is 2.73. The van der Waals surface area contributed by atoms with E-state index in [0.717, 1.165) is 36.6 Å². The van der Waals surface area contributed by atoms with Crippen molar-refractivity contribution in [2.45, 2.75) is 39.7 Å². The normalized spacial score (nSPS) is 15.5. The molecular formula is C23H30N2O3. The van der Waals surface area contributed by atoms with E-state index in [0.29, 0.717) is 19.7 Å². The number of ether oxygens (including phenoxy) is 2. The lowest BCUT2D eigenvalue weighted by atomic mass is 10.0. The van der Waals surface area contributed by atoms with Crippen LogP contribution in [0.25, 0.3) is 0 Å². The highest BCUT2D eigenvalue weighted by molar-refractivity contribution is 5.93. The van der Waals surface area contributed by atoms with Crippen LogP contribution in [-0.2, 0) is 17.6 Å². The first kappa shape index (κ1) is 20.2. The molecule has 3 rings (SSSR count). The summed E-state index contributed by atoms with van der Waals surface area (Å²) < 4.78 is 11.8. The summed E-state index contributed by atoms with van der Waals surface area (Å²) in [4.78, 5) is 14.8. The number of benzene rings is 2. The van der Waals surface area contributed by atoms with Crippen LogP contribution >= 0.6 is 0 Å². The van der Waals surface area contributed by atoms with E-state index in [-0.39, 0.29) is 12.0 Å². The molecule has 0 bridgehead atoms. The Bertz CT molecular complexity index is 784. The highest BCUT2D eigenvalue weighted by Gasteiger charge is 2.23. The largest absolute Gasteiger partial charge is 0.486 e. The van der Waals surface area contributed by atoms with Crippen molar-refractivity contribution in [2.24, 2.45) is 0 Å². The Morgan fingerprint density at radius 3 is 2.36 bits per heavy atom. The molecule has 28 heavy (non-hydrogen) atoms. The molecule has 2 aromatic rings. The number of likely N-dealkylation sites (N-methyl/N-ethyl adjacent to an activating group) is 1. The van der Waals surface area contributed by atoms with Crippen LogP contribution in [0.1, 0.15) is 31.9 Å². The summed E-state index contributed by atoms with van der Waals surface area (Å²) in [7, 11) is 0. The molecule has 1 aliphatic rings. The third-order valence-corrected chi connectivity index (χ3v) is 5.11. The predicted molar refractivity (Wildman–Crippen MR) is 112 cm³/mol. The maximum atomic E-state index is 12.7. The van der Waals surface area contributed by atoms with Gasteiger partial charge < -0.3 is 14.8 Å². The van der Waals surface area contributed by atoms with E-state index in [9.17, 15) is 4.79 Å². The van der Waals surface area contributed by atoms with Crippen LogP contribution in [0.2, 0.25) is 0 Å². The van der Waals surface area contributed by atoms with Crippen molar-refractivity contribution >= 4 is 11.6 Å². The zero-order valence-corrected chi connectivity index (χ0v) is 17.0. The van der Waals surface area contributed by atoms with Crippen molar-refractivity contribution in [1.82, 2.24) is 4.90 Å². The molecule has 2 aromatic carbocycles. The summed E-state index contributed by atoms with van der Waals surface area (Å²) in [6, 6.07) is 13.9. The molecule has 0 aromatic heterocycles. The zero-order chi connectivity index (χ0) is 19.9. The fourth-order valence-electron chi connectivity index (χ4n) is 3.53. The Morgan fingerprint density at radius 2 is 1.71 bits per heavy atom. The monoisotopic (exact) mass is 382 g/mol. The molecule has 150 valence electrons. The zero-order valence-electron chi connectivity index (χ0n) is 17.0. The third kappa shape index (κ3) is 4.84. The maximum Gasteiger partial charge on any atom is 0.238 e. The number of aryl methyl sites for hydroxylation is 2. The minimum atomic E-state index is -0.0863. The van der Waals surface area contributed by atoms with Gasteiger partial charge in [-0.05, 0) is 42.6 Å². The second kappa shape index (κ2) is 9.60. The van der Waals surface area contributed by atoms with Gasteiger partial charge in [-0.1, -0.05) is 51.1 Å². The number of amides is 1. The summed E-state index contributed by atoms with van der Waals surface area (Å²) in [5.41, 5.74) is 3.33. The van der Waals surface area contributed by atoms with Crippen molar-refractivity contribution in [3.63, 3.8) is 0 Å². The average molecular weight is 383 g/mol. The Morgan fingerprint density at radius 1 is 1.04 bits per heavy atom. The number of nitrogens with zero attached hydrogens (tertiary/aromatic N) is 1. The molecule has 5 nitrogen and oxygen atoms in total. The van der Waals surface area contributed by atoms with E-state index in [2.05, 4.69) is 49.2 Å². The molecule has 0 fully saturated rings. The van der Waals surface area contributed by atoms with E-state index in [1.54, 1.807) is 0 Å². The van der Waals surface area contributed by atoms with Gasteiger partial charge >= 0.3 is 0 Å². The van der Waals surface area contributed by atoms with Gasteiger partial charge in [0.1, 0.15) is 12.7 Å². The Hall–Kier alpha value is -2.53. The molecule has 0 spiro atoms. The van der Waals surface area contributed by atoms with E-state index in [4.69, 9.17) is 9.47 Å². The Kier molecular flexibility index (Phi) is 6.93. The molecule has 1 amide bonds. The number of carbonyl (C=O) groups excluding carboxylic acids is 1. The van der Waals surface area contributed by atoms with E-state index in [1.807, 2.05) is 24.3 Å². The van der Waals surface area contributed by atoms with Crippen molar-refractivity contribution in [2.75, 3.05) is 31.6 Å². The van der Waals surface area contributed by atoms with Gasteiger partial charge in [0, 0.05) is 12.2 Å². The molecule has 5 heteroatoms. The minimum absolute atomic E-state index is 0.00887. The second-order valence-corrected chi connectivity index (χ2v) is 7.03. The molecule has 0 saturated heterocycles. The number of fused-ring (bicyclic) bond motifs is 1. The first-order valence-corrected chi connectivity index (χ1v) is 10.2. The molecule has 1 heterocycles. The lowest BCUT2D eigenvalue weighted by Gasteiger charge is -2.30. The van der Waals surface area contributed by atoms with Crippen LogP contribution < -0.4 is 14.8 Å². The quantitative estimate of drug-likeness (QED) is 0.752.